The molecule has 0 saturated carbocycles. The lowest BCUT2D eigenvalue weighted by atomic mass is 9.95. The molecule has 0 N–H and O–H groups in total. The van der Waals surface area contributed by atoms with E-state index >= 15 is 0 Å². The second kappa shape index (κ2) is 4.77. The van der Waals surface area contributed by atoms with E-state index in [0.717, 1.165) is 6.61 Å². The van der Waals surface area contributed by atoms with Gasteiger partial charge in [0.15, 0.2) is 0 Å². The minimum absolute atomic E-state index is 0.245. The molecule has 2 heteroatoms. The van der Waals surface area contributed by atoms with Gasteiger partial charge in [0.05, 0.1) is 6.10 Å². The Morgan fingerprint density at radius 2 is 1.93 bits per heavy atom. The van der Waals surface area contributed by atoms with Crippen LogP contribution in [0, 0.1) is 0 Å². The average Bonchev–Trinajstić information content (AvgIpc) is 2.30. The third-order valence-corrected chi connectivity index (χ3v) is 3.08. The Labute approximate surface area is 91.9 Å². The number of hydrogen-bond acceptors (Lipinski definition) is 2. The van der Waals surface area contributed by atoms with Crippen LogP contribution in [0.1, 0.15) is 24.5 Å². The zero-order chi connectivity index (χ0) is 10.7. The predicted molar refractivity (Wildman–Crippen MR) is 61.8 cm³/mol. The molecule has 1 aromatic rings. The summed E-state index contributed by atoms with van der Waals surface area (Å²) in [6, 6.07) is 11.1. The first-order valence-electron chi connectivity index (χ1n) is 5.62. The number of hydrogen-bond donors (Lipinski definition) is 0. The van der Waals surface area contributed by atoms with Crippen LogP contribution in [0.25, 0.3) is 0 Å². The largest absolute Gasteiger partial charge is 0.372 e. The van der Waals surface area contributed by atoms with E-state index in [0.29, 0.717) is 6.04 Å². The highest BCUT2D eigenvalue weighted by atomic mass is 16.5. The lowest BCUT2D eigenvalue weighted by molar-refractivity contribution is -0.0401. The van der Waals surface area contributed by atoms with Crippen molar-refractivity contribution in [3.8, 4) is 0 Å². The van der Waals surface area contributed by atoms with Crippen LogP contribution >= 0.6 is 0 Å². The van der Waals surface area contributed by atoms with Gasteiger partial charge in [0.1, 0.15) is 0 Å². The van der Waals surface area contributed by atoms with Gasteiger partial charge in [-0.2, -0.15) is 0 Å². The Kier molecular flexibility index (Phi) is 3.39. The summed E-state index contributed by atoms with van der Waals surface area (Å²) >= 11 is 0. The number of rotatable bonds is 2. The monoisotopic (exact) mass is 205 g/mol. The fraction of sp³-hybridized carbons (Fsp3) is 0.538. The van der Waals surface area contributed by atoms with Gasteiger partial charge in [-0.05, 0) is 32.5 Å². The molecule has 2 rings (SSSR count). The quantitative estimate of drug-likeness (QED) is 0.735. The Morgan fingerprint density at radius 1 is 1.20 bits per heavy atom. The maximum absolute atomic E-state index is 5.90. The Morgan fingerprint density at radius 3 is 2.60 bits per heavy atom. The highest BCUT2D eigenvalue weighted by Crippen LogP contribution is 2.30. The molecule has 1 aliphatic rings. The van der Waals surface area contributed by atoms with Gasteiger partial charge in [0.2, 0.25) is 0 Å². The van der Waals surface area contributed by atoms with E-state index in [-0.39, 0.29) is 6.10 Å². The van der Waals surface area contributed by atoms with Crippen LogP contribution in [0.15, 0.2) is 30.3 Å². The van der Waals surface area contributed by atoms with Crippen LogP contribution in [-0.4, -0.2) is 31.6 Å². The van der Waals surface area contributed by atoms with Crippen LogP contribution in [-0.2, 0) is 4.74 Å². The first kappa shape index (κ1) is 10.7. The van der Waals surface area contributed by atoms with E-state index in [2.05, 4.69) is 49.3 Å². The Balaban J connectivity index is 2.18. The summed E-state index contributed by atoms with van der Waals surface area (Å²) in [5.74, 6) is 0. The van der Waals surface area contributed by atoms with Gasteiger partial charge in [-0.3, -0.25) is 0 Å². The van der Waals surface area contributed by atoms with E-state index < -0.39 is 0 Å². The van der Waals surface area contributed by atoms with Crippen LogP contribution in [0.3, 0.4) is 0 Å². The van der Waals surface area contributed by atoms with Gasteiger partial charge in [0.25, 0.3) is 0 Å². The minimum atomic E-state index is 0.245. The van der Waals surface area contributed by atoms with Crippen molar-refractivity contribution in [2.75, 3.05) is 20.7 Å². The zero-order valence-electron chi connectivity index (χ0n) is 9.52. The summed E-state index contributed by atoms with van der Waals surface area (Å²) in [5, 5.41) is 0. The molecule has 0 aromatic heterocycles. The SMILES string of the molecule is CN(C)C1CCCOC1c1ccccc1. The lowest BCUT2D eigenvalue weighted by Gasteiger charge is -2.36. The molecule has 0 amide bonds. The predicted octanol–water partition coefficient (Wildman–Crippen LogP) is 2.47. The van der Waals surface area contributed by atoms with E-state index in [1.54, 1.807) is 0 Å². The van der Waals surface area contributed by atoms with Gasteiger partial charge in [-0.25, -0.2) is 0 Å². The van der Waals surface area contributed by atoms with Crippen molar-refractivity contribution in [2.24, 2.45) is 0 Å². The van der Waals surface area contributed by atoms with Gasteiger partial charge >= 0.3 is 0 Å². The maximum atomic E-state index is 5.90. The third-order valence-electron chi connectivity index (χ3n) is 3.08. The molecular weight excluding hydrogens is 186 g/mol. The molecule has 2 nitrogen and oxygen atoms in total. The molecule has 15 heavy (non-hydrogen) atoms. The number of nitrogens with zero attached hydrogens (tertiary/aromatic N) is 1. The molecule has 2 atom stereocenters. The first-order chi connectivity index (χ1) is 7.29. The lowest BCUT2D eigenvalue weighted by Crippen LogP contribution is -2.38. The second-order valence-corrected chi connectivity index (χ2v) is 4.38. The molecule has 1 aliphatic heterocycles. The average molecular weight is 205 g/mol. The van der Waals surface area contributed by atoms with Crippen molar-refractivity contribution in [2.45, 2.75) is 25.0 Å². The molecule has 0 spiro atoms. The van der Waals surface area contributed by atoms with E-state index in [9.17, 15) is 0 Å². The fourth-order valence-corrected chi connectivity index (χ4v) is 2.26. The summed E-state index contributed by atoms with van der Waals surface area (Å²) in [5.41, 5.74) is 1.30. The summed E-state index contributed by atoms with van der Waals surface area (Å²) in [6.45, 7) is 0.893. The van der Waals surface area contributed by atoms with E-state index in [1.807, 2.05) is 0 Å². The van der Waals surface area contributed by atoms with Crippen molar-refractivity contribution >= 4 is 0 Å². The standard InChI is InChI=1S/C13H19NO/c1-14(2)12-9-6-10-15-13(12)11-7-4-3-5-8-11/h3-5,7-8,12-13H,6,9-10H2,1-2H3. The normalized spacial score (nSPS) is 26.9. The summed E-state index contributed by atoms with van der Waals surface area (Å²) < 4.78 is 5.90. The van der Waals surface area contributed by atoms with Crippen LogP contribution < -0.4 is 0 Å². The summed E-state index contributed by atoms with van der Waals surface area (Å²) in [4.78, 5) is 2.27. The second-order valence-electron chi connectivity index (χ2n) is 4.38. The molecule has 1 saturated heterocycles. The highest BCUT2D eigenvalue weighted by molar-refractivity contribution is 5.19. The van der Waals surface area contributed by atoms with Crippen molar-refractivity contribution in [3.05, 3.63) is 35.9 Å². The smallest absolute Gasteiger partial charge is 0.0979 e. The molecule has 0 aliphatic carbocycles. The molecule has 2 unspecified atom stereocenters. The topological polar surface area (TPSA) is 12.5 Å². The molecule has 0 bridgehead atoms. The van der Waals surface area contributed by atoms with Gasteiger partial charge in [-0.1, -0.05) is 30.3 Å². The molecular formula is C13H19NO. The zero-order valence-corrected chi connectivity index (χ0v) is 9.52. The molecule has 1 heterocycles. The third kappa shape index (κ3) is 2.39. The van der Waals surface area contributed by atoms with Crippen LogP contribution in [0.5, 0.6) is 0 Å². The van der Waals surface area contributed by atoms with Crippen LogP contribution in [0.2, 0.25) is 0 Å². The molecule has 1 aromatic carbocycles. The van der Waals surface area contributed by atoms with Gasteiger partial charge < -0.3 is 9.64 Å². The first-order valence-corrected chi connectivity index (χ1v) is 5.62. The molecule has 0 radical (unpaired) electrons. The van der Waals surface area contributed by atoms with Crippen molar-refractivity contribution in [3.63, 3.8) is 0 Å². The Hall–Kier alpha value is -0.860. The fourth-order valence-electron chi connectivity index (χ4n) is 2.26. The number of benzene rings is 1. The van der Waals surface area contributed by atoms with Crippen molar-refractivity contribution in [1.29, 1.82) is 0 Å². The molecule has 82 valence electrons. The number of ether oxygens (including phenoxy) is 1. The van der Waals surface area contributed by atoms with Gasteiger partial charge in [0, 0.05) is 12.6 Å². The van der Waals surface area contributed by atoms with Gasteiger partial charge in [-0.15, -0.1) is 0 Å². The van der Waals surface area contributed by atoms with Crippen molar-refractivity contribution in [1.82, 2.24) is 4.90 Å². The van der Waals surface area contributed by atoms with Crippen molar-refractivity contribution < 1.29 is 4.74 Å². The van der Waals surface area contributed by atoms with E-state index in [4.69, 9.17) is 4.74 Å². The highest BCUT2D eigenvalue weighted by Gasteiger charge is 2.28. The Bertz CT molecular complexity index is 297. The summed E-state index contributed by atoms with van der Waals surface area (Å²) in [6.07, 6.45) is 2.65. The summed E-state index contributed by atoms with van der Waals surface area (Å²) in [7, 11) is 4.27. The molecule has 1 fully saturated rings. The maximum Gasteiger partial charge on any atom is 0.0979 e. The number of likely N-dealkylation sites (N-methyl/N-ethyl adjacent to an activating group) is 1. The van der Waals surface area contributed by atoms with Crippen LogP contribution in [0.4, 0.5) is 0 Å². The minimum Gasteiger partial charge on any atom is -0.372 e. The van der Waals surface area contributed by atoms with E-state index in [1.165, 1.54) is 18.4 Å².